The van der Waals surface area contributed by atoms with Crippen LogP contribution in [-0.4, -0.2) is 0 Å². The molecule has 5 atom stereocenters. The van der Waals surface area contributed by atoms with Crippen molar-refractivity contribution in [2.75, 3.05) is 0 Å². The third-order valence-corrected chi connectivity index (χ3v) is 4.76. The molecule has 0 aliphatic heterocycles. The van der Waals surface area contributed by atoms with Gasteiger partial charge in [-0.05, 0) is 41.9 Å². The predicted octanol–water partition coefficient (Wildman–Crippen LogP) is 2.69. The van der Waals surface area contributed by atoms with Crippen LogP contribution in [-0.2, 0) is 0 Å². The van der Waals surface area contributed by atoms with Gasteiger partial charge in [-0.3, -0.25) is 0 Å². The molecular weight excluding hydrogens is 120 g/mol. The Hall–Kier alpha value is 0. The van der Waals surface area contributed by atoms with Gasteiger partial charge in [0.1, 0.15) is 0 Å². The van der Waals surface area contributed by atoms with Crippen molar-refractivity contribution in [1.29, 1.82) is 0 Å². The first-order valence-corrected chi connectivity index (χ1v) is 4.77. The molecule has 0 amide bonds. The minimum absolute atomic E-state index is 0.942. The summed E-state index contributed by atoms with van der Waals surface area (Å²) in [6.07, 6.45) is 4.68. The summed E-state index contributed by atoms with van der Waals surface area (Å²) >= 11 is 0. The van der Waals surface area contributed by atoms with E-state index in [0.29, 0.717) is 0 Å². The minimum atomic E-state index is 0.942. The van der Waals surface area contributed by atoms with Gasteiger partial charge in [0, 0.05) is 0 Å². The van der Waals surface area contributed by atoms with E-state index >= 15 is 0 Å². The highest BCUT2D eigenvalue weighted by Gasteiger charge is 2.77. The molecule has 0 N–H and O–H groups in total. The Morgan fingerprint density at radius 3 is 2.60 bits per heavy atom. The van der Waals surface area contributed by atoms with Crippen molar-refractivity contribution in [3.63, 3.8) is 0 Å². The molecule has 0 nitrogen and oxygen atoms in total. The van der Waals surface area contributed by atoms with E-state index in [-0.39, 0.29) is 0 Å². The fourth-order valence-corrected chi connectivity index (χ4v) is 3.92. The van der Waals surface area contributed by atoms with Gasteiger partial charge < -0.3 is 0 Å². The van der Waals surface area contributed by atoms with Gasteiger partial charge in [-0.25, -0.2) is 0 Å². The normalized spacial score (nSPS) is 70.2. The molecule has 3 aliphatic carbocycles. The second-order valence-electron chi connectivity index (χ2n) is 4.87. The van der Waals surface area contributed by atoms with E-state index in [2.05, 4.69) is 13.8 Å². The predicted molar refractivity (Wildman–Crippen MR) is 41.6 cm³/mol. The van der Waals surface area contributed by atoms with Crippen LogP contribution in [0, 0.1) is 29.1 Å². The molecule has 3 saturated carbocycles. The second-order valence-corrected chi connectivity index (χ2v) is 4.87. The molecule has 3 rings (SSSR count). The maximum absolute atomic E-state index is 2.47. The average Bonchev–Trinajstić information content (AvgIpc) is 2.73. The Kier molecular flexibility index (Phi) is 0.735. The Bertz CT molecular complexity index is 184. The highest BCUT2D eigenvalue weighted by Crippen LogP contribution is 2.83. The van der Waals surface area contributed by atoms with Crippen LogP contribution in [0.4, 0.5) is 0 Å². The molecule has 10 heavy (non-hydrogen) atoms. The Morgan fingerprint density at radius 1 is 1.10 bits per heavy atom. The summed E-state index contributed by atoms with van der Waals surface area (Å²) in [5.74, 6) is 4.53. The molecule has 56 valence electrons. The highest BCUT2D eigenvalue weighted by molar-refractivity contribution is 5.25. The standard InChI is InChI=1S/C10H16/c1-6-3-4-8-7(2)10(8)5-9(6)10/h6-9H,3-5H2,1-2H3/t6-,7?,8+,9?,10+/m0/s1. The summed E-state index contributed by atoms with van der Waals surface area (Å²) in [6, 6.07) is 0. The first kappa shape index (κ1) is 5.62. The van der Waals surface area contributed by atoms with Crippen molar-refractivity contribution in [3.8, 4) is 0 Å². The fraction of sp³-hybridized carbons (Fsp3) is 1.00. The monoisotopic (exact) mass is 136 g/mol. The van der Waals surface area contributed by atoms with Gasteiger partial charge in [0.2, 0.25) is 0 Å². The minimum Gasteiger partial charge on any atom is -0.0622 e. The van der Waals surface area contributed by atoms with Gasteiger partial charge in [0.15, 0.2) is 0 Å². The highest BCUT2D eigenvalue weighted by atomic mass is 14.8. The lowest BCUT2D eigenvalue weighted by atomic mass is 9.91. The largest absolute Gasteiger partial charge is 0.0622 e. The molecule has 0 aromatic rings. The molecule has 0 bridgehead atoms. The van der Waals surface area contributed by atoms with E-state index in [1.54, 1.807) is 12.8 Å². The lowest BCUT2D eigenvalue weighted by molar-refractivity contribution is 0.354. The van der Waals surface area contributed by atoms with E-state index in [1.807, 2.05) is 0 Å². The van der Waals surface area contributed by atoms with Crippen LogP contribution < -0.4 is 0 Å². The first-order valence-electron chi connectivity index (χ1n) is 4.77. The topological polar surface area (TPSA) is 0 Å². The van der Waals surface area contributed by atoms with Crippen molar-refractivity contribution in [1.82, 2.24) is 0 Å². The smallest absolute Gasteiger partial charge is 0.0204 e. The van der Waals surface area contributed by atoms with E-state index < -0.39 is 0 Å². The Balaban J connectivity index is 1.91. The van der Waals surface area contributed by atoms with Gasteiger partial charge in [-0.15, -0.1) is 0 Å². The van der Waals surface area contributed by atoms with E-state index in [4.69, 9.17) is 0 Å². The molecule has 2 unspecified atom stereocenters. The van der Waals surface area contributed by atoms with Gasteiger partial charge in [0.05, 0.1) is 0 Å². The third kappa shape index (κ3) is 0.383. The van der Waals surface area contributed by atoms with Crippen molar-refractivity contribution < 1.29 is 0 Å². The van der Waals surface area contributed by atoms with E-state index in [0.717, 1.165) is 17.3 Å². The van der Waals surface area contributed by atoms with Crippen LogP contribution in [0.15, 0.2) is 0 Å². The summed E-state index contributed by atoms with van der Waals surface area (Å²) in [4.78, 5) is 0. The maximum atomic E-state index is 2.47. The zero-order valence-corrected chi connectivity index (χ0v) is 6.93. The summed E-state index contributed by atoms with van der Waals surface area (Å²) in [5, 5.41) is 0. The van der Waals surface area contributed by atoms with Crippen LogP contribution in [0.2, 0.25) is 0 Å². The van der Waals surface area contributed by atoms with Crippen LogP contribution in [0.1, 0.15) is 33.1 Å². The third-order valence-electron chi connectivity index (χ3n) is 4.76. The van der Waals surface area contributed by atoms with Gasteiger partial charge in [-0.1, -0.05) is 20.3 Å². The van der Waals surface area contributed by atoms with E-state index in [1.165, 1.54) is 18.3 Å². The fourth-order valence-electron chi connectivity index (χ4n) is 3.92. The number of hydrogen-bond acceptors (Lipinski definition) is 0. The summed E-state index contributed by atoms with van der Waals surface area (Å²) in [5.41, 5.74) is 0.942. The second kappa shape index (κ2) is 1.31. The van der Waals surface area contributed by atoms with Crippen molar-refractivity contribution in [3.05, 3.63) is 0 Å². The molecular formula is C10H16. The quantitative estimate of drug-likeness (QED) is 0.480. The molecule has 3 aliphatic rings. The summed E-state index contributed by atoms with van der Waals surface area (Å²) in [6.45, 7) is 4.93. The molecule has 0 radical (unpaired) electrons. The Morgan fingerprint density at radius 2 is 1.90 bits per heavy atom. The van der Waals surface area contributed by atoms with Gasteiger partial charge in [-0.2, -0.15) is 0 Å². The van der Waals surface area contributed by atoms with Gasteiger partial charge in [0.25, 0.3) is 0 Å². The van der Waals surface area contributed by atoms with Crippen LogP contribution in [0.3, 0.4) is 0 Å². The van der Waals surface area contributed by atoms with Crippen LogP contribution in [0.5, 0.6) is 0 Å². The number of rotatable bonds is 0. The van der Waals surface area contributed by atoms with Crippen LogP contribution >= 0.6 is 0 Å². The number of hydrogen-bond donors (Lipinski definition) is 0. The van der Waals surface area contributed by atoms with Crippen LogP contribution in [0.25, 0.3) is 0 Å². The molecule has 0 heteroatoms. The SMILES string of the molecule is CC1[C@H]2CC[C@H](C)C3C[C@]132. The maximum Gasteiger partial charge on any atom is -0.0204 e. The molecule has 3 fully saturated rings. The molecule has 0 aromatic heterocycles. The van der Waals surface area contributed by atoms with Crippen molar-refractivity contribution in [2.24, 2.45) is 29.1 Å². The van der Waals surface area contributed by atoms with E-state index in [9.17, 15) is 0 Å². The molecule has 0 heterocycles. The van der Waals surface area contributed by atoms with Crippen molar-refractivity contribution >= 4 is 0 Å². The summed E-state index contributed by atoms with van der Waals surface area (Å²) < 4.78 is 0. The first-order chi connectivity index (χ1) is 4.77. The molecule has 0 saturated heterocycles. The Labute approximate surface area is 63.0 Å². The zero-order valence-electron chi connectivity index (χ0n) is 6.93. The lowest BCUT2D eigenvalue weighted by Gasteiger charge is -2.14. The lowest BCUT2D eigenvalue weighted by Crippen LogP contribution is -2.06. The average molecular weight is 136 g/mol. The van der Waals surface area contributed by atoms with Gasteiger partial charge >= 0.3 is 0 Å². The molecule has 0 aromatic carbocycles. The summed E-state index contributed by atoms with van der Waals surface area (Å²) in [7, 11) is 0. The van der Waals surface area contributed by atoms with Crippen molar-refractivity contribution in [2.45, 2.75) is 33.1 Å². The zero-order chi connectivity index (χ0) is 6.93. The molecule has 1 spiro atoms.